The minimum atomic E-state index is 0. The van der Waals surface area contributed by atoms with Crippen LogP contribution in [0.2, 0.25) is 0 Å². The largest absolute Gasteiger partial charge is 0.496 e. The van der Waals surface area contributed by atoms with Crippen molar-refractivity contribution in [1.82, 2.24) is 15.3 Å². The van der Waals surface area contributed by atoms with Gasteiger partial charge in [0.2, 0.25) is 5.95 Å². The smallest absolute Gasteiger partial charge is 0.225 e. The van der Waals surface area contributed by atoms with Gasteiger partial charge in [-0.25, -0.2) is 4.98 Å². The Kier molecular flexibility index (Phi) is 10.2. The second-order valence-corrected chi connectivity index (χ2v) is 10.3. The van der Waals surface area contributed by atoms with E-state index in [4.69, 9.17) is 19.4 Å². The van der Waals surface area contributed by atoms with Crippen molar-refractivity contribution in [3.8, 4) is 11.5 Å². The summed E-state index contributed by atoms with van der Waals surface area (Å²) in [7, 11) is 7.42. The van der Waals surface area contributed by atoms with Gasteiger partial charge in [0.05, 0.1) is 24.2 Å². The van der Waals surface area contributed by atoms with E-state index in [1.165, 1.54) is 19.3 Å². The molecule has 2 N–H and O–H groups in total. The zero-order valence-corrected chi connectivity index (χ0v) is 22.7. The minimum Gasteiger partial charge on any atom is -0.496 e. The van der Waals surface area contributed by atoms with Gasteiger partial charge in [-0.15, -0.1) is 0 Å². The zero-order valence-electron chi connectivity index (χ0n) is 21.1. The molecule has 0 unspecified atom stereocenters. The fraction of sp³-hybridized carbons (Fsp3) is 0.500. The average Bonchev–Trinajstić information content (AvgIpc) is 2.87. The Morgan fingerprint density at radius 2 is 1.72 bits per heavy atom. The summed E-state index contributed by atoms with van der Waals surface area (Å²) in [5.41, 5.74) is 2.11. The summed E-state index contributed by atoms with van der Waals surface area (Å²) in [6, 6.07) is 12.6. The predicted octanol–water partition coefficient (Wildman–Crippen LogP) is 6.26. The first-order valence-corrected chi connectivity index (χ1v) is 13.1. The number of hydrogen-bond donors (Lipinski definition) is 2. The highest BCUT2D eigenvalue weighted by Gasteiger charge is 2.22. The Morgan fingerprint density at radius 1 is 1.00 bits per heavy atom. The molecule has 1 fully saturated rings. The molecule has 0 amide bonds. The van der Waals surface area contributed by atoms with E-state index in [-0.39, 0.29) is 7.43 Å². The maximum Gasteiger partial charge on any atom is 0.225 e. The lowest BCUT2D eigenvalue weighted by Crippen LogP contribution is -2.28. The van der Waals surface area contributed by atoms with Crippen molar-refractivity contribution in [3.63, 3.8) is 0 Å². The molecule has 0 saturated heterocycles. The molecule has 7 nitrogen and oxygen atoms in total. The van der Waals surface area contributed by atoms with Crippen LogP contribution >= 0.6 is 15.9 Å². The molecule has 1 aliphatic rings. The summed E-state index contributed by atoms with van der Waals surface area (Å²) in [6.07, 6.45) is 5.94. The number of aromatic nitrogens is 2. The molecule has 0 spiro atoms. The highest BCUT2D eigenvalue weighted by Crippen LogP contribution is 2.33. The van der Waals surface area contributed by atoms with E-state index in [0.29, 0.717) is 6.04 Å². The maximum absolute atomic E-state index is 5.53. The molecule has 1 aromatic heterocycles. The summed E-state index contributed by atoms with van der Waals surface area (Å²) in [4.78, 5) is 11.6. The lowest BCUT2D eigenvalue weighted by Gasteiger charge is -2.29. The third kappa shape index (κ3) is 6.79. The van der Waals surface area contributed by atoms with Crippen LogP contribution in [0.25, 0.3) is 10.9 Å². The van der Waals surface area contributed by atoms with Crippen molar-refractivity contribution in [2.24, 2.45) is 5.92 Å². The highest BCUT2D eigenvalue weighted by molar-refractivity contribution is 9.10. The van der Waals surface area contributed by atoms with E-state index in [0.717, 1.165) is 76.1 Å². The number of benzene rings is 2. The fourth-order valence-electron chi connectivity index (χ4n) is 4.83. The Hall–Kier alpha value is -2.58. The van der Waals surface area contributed by atoms with Gasteiger partial charge in [0.15, 0.2) is 0 Å². The van der Waals surface area contributed by atoms with Crippen molar-refractivity contribution in [2.75, 3.05) is 45.1 Å². The first kappa shape index (κ1) is 28.0. The highest BCUT2D eigenvalue weighted by atomic mass is 79.9. The molecule has 0 aliphatic heterocycles. The maximum atomic E-state index is 5.53. The number of para-hydroxylation sites is 1. The van der Waals surface area contributed by atoms with Crippen LogP contribution in [0.4, 0.5) is 11.8 Å². The number of halogens is 1. The van der Waals surface area contributed by atoms with Crippen LogP contribution in [0.5, 0.6) is 11.5 Å². The molecule has 2 aromatic carbocycles. The number of nitrogens with one attached hydrogen (secondary N) is 2. The van der Waals surface area contributed by atoms with E-state index in [1.54, 1.807) is 14.2 Å². The molecular weight excluding hydrogens is 518 g/mol. The number of nitrogens with zero attached hydrogens (tertiary/aromatic N) is 3. The number of fused-ring (bicyclic) bond motifs is 1. The normalized spacial score (nSPS) is 17.4. The molecule has 0 atom stereocenters. The quantitative estimate of drug-likeness (QED) is 0.285. The number of methoxy groups -OCH3 is 2. The first-order valence-electron chi connectivity index (χ1n) is 12.3. The second kappa shape index (κ2) is 13.1. The van der Waals surface area contributed by atoms with Crippen molar-refractivity contribution in [3.05, 3.63) is 46.4 Å². The van der Waals surface area contributed by atoms with Crippen LogP contribution in [-0.2, 0) is 6.54 Å². The topological polar surface area (TPSA) is 71.5 Å². The van der Waals surface area contributed by atoms with Crippen LogP contribution in [-0.4, -0.2) is 50.9 Å². The van der Waals surface area contributed by atoms with Crippen molar-refractivity contribution in [1.29, 1.82) is 0 Å². The van der Waals surface area contributed by atoms with Crippen molar-refractivity contribution >= 4 is 38.6 Å². The lowest BCUT2D eigenvalue weighted by atomic mass is 9.84. The number of ether oxygens (including phenoxy) is 2. The van der Waals surface area contributed by atoms with E-state index in [1.807, 2.05) is 32.3 Å². The third-order valence-corrected chi connectivity index (χ3v) is 7.41. The molecule has 1 aliphatic carbocycles. The van der Waals surface area contributed by atoms with Crippen LogP contribution in [0.1, 0.15) is 45.1 Å². The number of anilines is 2. The summed E-state index contributed by atoms with van der Waals surface area (Å²) < 4.78 is 11.8. The molecule has 0 bridgehead atoms. The van der Waals surface area contributed by atoms with Crippen molar-refractivity contribution < 1.29 is 9.47 Å². The van der Waals surface area contributed by atoms with Crippen molar-refractivity contribution in [2.45, 2.75) is 52.1 Å². The Morgan fingerprint density at radius 3 is 2.42 bits per heavy atom. The SMILES string of the molecule is C.COc1cc(OC)c(CNCCC2CCC(Nc3nc(N(C)C)c4ccccc4n3)CC2)cc1Br. The summed E-state index contributed by atoms with van der Waals surface area (Å²) in [5.74, 6) is 4.07. The Balaban J connectivity index is 0.00000361. The lowest BCUT2D eigenvalue weighted by molar-refractivity contribution is 0.316. The van der Waals surface area contributed by atoms with Crippen LogP contribution in [0.3, 0.4) is 0 Å². The summed E-state index contributed by atoms with van der Waals surface area (Å²) >= 11 is 3.57. The number of rotatable bonds is 10. The van der Waals surface area contributed by atoms with Gasteiger partial charge < -0.3 is 25.0 Å². The molecule has 196 valence electrons. The summed E-state index contributed by atoms with van der Waals surface area (Å²) in [6.45, 7) is 1.77. The van der Waals surface area contributed by atoms with Gasteiger partial charge >= 0.3 is 0 Å². The van der Waals surface area contributed by atoms with Gasteiger partial charge in [-0.2, -0.15) is 4.98 Å². The molecule has 4 rings (SSSR count). The average molecular weight is 559 g/mol. The monoisotopic (exact) mass is 557 g/mol. The van der Waals surface area contributed by atoms with E-state index in [2.05, 4.69) is 49.7 Å². The van der Waals surface area contributed by atoms with Gasteiger partial charge in [0.1, 0.15) is 17.3 Å². The second-order valence-electron chi connectivity index (χ2n) is 9.41. The first-order chi connectivity index (χ1) is 17.0. The van der Waals surface area contributed by atoms with Gasteiger partial charge in [-0.3, -0.25) is 0 Å². The molecule has 1 saturated carbocycles. The predicted molar refractivity (Wildman–Crippen MR) is 154 cm³/mol. The standard InChI is InChI=1S/C27H36BrN5O2.CH4/c1-33(2)26-21-7-5-6-8-23(21)31-27(32-26)30-20-11-9-18(10-12-20)13-14-29-17-19-15-22(28)25(35-4)16-24(19)34-3;/h5-8,15-16,18,20,29H,9-14,17H2,1-4H3,(H,30,31,32);1H4. The molecule has 36 heavy (non-hydrogen) atoms. The van der Waals surface area contributed by atoms with Gasteiger partial charge in [-0.1, -0.05) is 19.6 Å². The zero-order chi connectivity index (χ0) is 24.8. The van der Waals surface area contributed by atoms with E-state index in [9.17, 15) is 0 Å². The molecule has 8 heteroatoms. The molecule has 1 heterocycles. The van der Waals surface area contributed by atoms with Gasteiger partial charge in [-0.05, 0) is 78.7 Å². The molecular formula is C28H40BrN5O2. The van der Waals surface area contributed by atoms with Crippen LogP contribution in [0.15, 0.2) is 40.9 Å². The minimum absolute atomic E-state index is 0. The van der Waals surface area contributed by atoms with E-state index < -0.39 is 0 Å². The van der Waals surface area contributed by atoms with Gasteiger partial charge in [0, 0.05) is 43.7 Å². The Labute approximate surface area is 224 Å². The number of hydrogen-bond acceptors (Lipinski definition) is 7. The fourth-order valence-corrected chi connectivity index (χ4v) is 5.39. The van der Waals surface area contributed by atoms with Crippen LogP contribution in [0, 0.1) is 5.92 Å². The van der Waals surface area contributed by atoms with Gasteiger partial charge in [0.25, 0.3) is 0 Å². The molecule has 0 radical (unpaired) electrons. The molecule has 3 aromatic rings. The summed E-state index contributed by atoms with van der Waals surface area (Å²) in [5, 5.41) is 8.29. The van der Waals surface area contributed by atoms with E-state index >= 15 is 0 Å². The Bertz CT molecular complexity index is 1130. The third-order valence-electron chi connectivity index (χ3n) is 6.79. The van der Waals surface area contributed by atoms with Crippen LogP contribution < -0.4 is 25.0 Å².